The van der Waals surface area contributed by atoms with Gasteiger partial charge in [-0.2, -0.15) is 0 Å². The molecule has 0 aliphatic carbocycles. The van der Waals surface area contributed by atoms with Crippen molar-refractivity contribution in [1.29, 1.82) is 0 Å². The Bertz CT molecular complexity index is 891. The molecular weight excluding hydrogens is 350 g/mol. The number of nitrogens with zero attached hydrogens (tertiary/aromatic N) is 4. The molecular formula is C18H19N5O2S. The molecule has 1 N–H and O–H groups in total. The lowest BCUT2D eigenvalue weighted by atomic mass is 10.1. The van der Waals surface area contributed by atoms with Gasteiger partial charge >= 0.3 is 0 Å². The monoisotopic (exact) mass is 369 g/mol. The second kappa shape index (κ2) is 7.25. The normalized spacial score (nSPS) is 17.2. The van der Waals surface area contributed by atoms with Crippen LogP contribution in [0.15, 0.2) is 42.2 Å². The summed E-state index contributed by atoms with van der Waals surface area (Å²) in [6, 6.07) is 5.62. The molecule has 8 heteroatoms. The van der Waals surface area contributed by atoms with Gasteiger partial charge in [-0.05, 0) is 12.1 Å². The Morgan fingerprint density at radius 2 is 2.27 bits per heavy atom. The van der Waals surface area contributed by atoms with E-state index in [0.717, 1.165) is 16.3 Å². The zero-order valence-corrected chi connectivity index (χ0v) is 15.0. The van der Waals surface area contributed by atoms with Gasteiger partial charge in [0.1, 0.15) is 0 Å². The van der Waals surface area contributed by atoms with Crippen LogP contribution in [0.3, 0.4) is 0 Å². The van der Waals surface area contributed by atoms with E-state index >= 15 is 0 Å². The number of hydrogen-bond donors (Lipinski definition) is 1. The molecule has 0 bridgehead atoms. The van der Waals surface area contributed by atoms with Crippen molar-refractivity contribution in [2.75, 3.05) is 13.1 Å². The highest BCUT2D eigenvalue weighted by Gasteiger charge is 2.34. The highest BCUT2D eigenvalue weighted by molar-refractivity contribution is 7.15. The molecule has 1 atom stereocenters. The van der Waals surface area contributed by atoms with E-state index in [-0.39, 0.29) is 24.2 Å². The second-order valence-corrected chi connectivity index (χ2v) is 7.24. The largest absolute Gasteiger partial charge is 0.355 e. The molecule has 3 aromatic heterocycles. The van der Waals surface area contributed by atoms with Gasteiger partial charge in [0.25, 0.3) is 0 Å². The Labute approximate surface area is 154 Å². The highest BCUT2D eigenvalue weighted by Crippen LogP contribution is 2.20. The summed E-state index contributed by atoms with van der Waals surface area (Å²) >= 11 is 1.59. The van der Waals surface area contributed by atoms with E-state index in [0.29, 0.717) is 26.1 Å². The second-order valence-electron chi connectivity index (χ2n) is 6.36. The molecule has 26 heavy (non-hydrogen) atoms. The van der Waals surface area contributed by atoms with Crippen LogP contribution in [0.5, 0.6) is 0 Å². The van der Waals surface area contributed by atoms with Crippen LogP contribution < -0.4 is 5.32 Å². The smallest absolute Gasteiger partial charge is 0.225 e. The number of rotatable bonds is 6. The minimum atomic E-state index is -0.295. The van der Waals surface area contributed by atoms with E-state index in [4.69, 9.17) is 0 Å². The lowest BCUT2D eigenvalue weighted by Crippen LogP contribution is -2.34. The summed E-state index contributed by atoms with van der Waals surface area (Å²) < 4.78 is 1.98. The summed E-state index contributed by atoms with van der Waals surface area (Å²) in [6.07, 6.45) is 6.60. The summed E-state index contributed by atoms with van der Waals surface area (Å²) in [5.74, 6) is -0.357. The highest BCUT2D eigenvalue weighted by atomic mass is 32.1. The topological polar surface area (TPSA) is 79.6 Å². The zero-order valence-electron chi connectivity index (χ0n) is 14.2. The number of amides is 2. The summed E-state index contributed by atoms with van der Waals surface area (Å²) in [5.41, 5.74) is 1.79. The third-order valence-corrected chi connectivity index (χ3v) is 5.26. The van der Waals surface area contributed by atoms with Crippen LogP contribution in [0.1, 0.15) is 17.8 Å². The number of aromatic nitrogens is 3. The number of nitrogens with one attached hydrogen (secondary N) is 1. The molecule has 4 heterocycles. The molecule has 0 unspecified atom stereocenters. The molecule has 0 radical (unpaired) electrons. The molecule has 3 aromatic rings. The van der Waals surface area contributed by atoms with E-state index in [1.54, 1.807) is 22.4 Å². The number of likely N-dealkylation sites (tertiary alicyclic amines) is 1. The maximum Gasteiger partial charge on any atom is 0.225 e. The third-order valence-electron chi connectivity index (χ3n) is 4.49. The lowest BCUT2D eigenvalue weighted by molar-refractivity contribution is -0.129. The Morgan fingerprint density at radius 3 is 3.08 bits per heavy atom. The number of hydrogen-bond acceptors (Lipinski definition) is 5. The molecule has 2 amide bonds. The average Bonchev–Trinajstić information content (AvgIpc) is 3.31. The standard InChI is InChI=1S/C18H19N5O2S/c24-16-9-13(10-23(16)11-14-3-1-2-5-19-14)17(25)20-6-4-15-12-22-7-8-26-18(22)21-15/h1-3,5,7-8,12-13H,4,6,9-11H2,(H,20,25)/t13-/m1/s1. The van der Waals surface area contributed by atoms with E-state index in [2.05, 4.69) is 15.3 Å². The van der Waals surface area contributed by atoms with Crippen molar-refractivity contribution < 1.29 is 9.59 Å². The van der Waals surface area contributed by atoms with Gasteiger partial charge in [0.2, 0.25) is 11.8 Å². The molecule has 1 aliphatic heterocycles. The first-order valence-corrected chi connectivity index (χ1v) is 9.43. The maximum atomic E-state index is 12.4. The number of thiazole rings is 1. The Morgan fingerprint density at radius 1 is 1.35 bits per heavy atom. The van der Waals surface area contributed by atoms with Crippen molar-refractivity contribution in [3.8, 4) is 0 Å². The number of carbonyl (C=O) groups is 2. The van der Waals surface area contributed by atoms with Crippen molar-refractivity contribution in [2.24, 2.45) is 5.92 Å². The lowest BCUT2D eigenvalue weighted by Gasteiger charge is -2.16. The zero-order chi connectivity index (χ0) is 17.9. The van der Waals surface area contributed by atoms with E-state index in [9.17, 15) is 9.59 Å². The number of fused-ring (bicyclic) bond motifs is 1. The maximum absolute atomic E-state index is 12.4. The van der Waals surface area contributed by atoms with Gasteiger partial charge in [-0.3, -0.25) is 19.0 Å². The van der Waals surface area contributed by atoms with Crippen molar-refractivity contribution in [1.82, 2.24) is 24.6 Å². The molecule has 1 saturated heterocycles. The van der Waals surface area contributed by atoms with Crippen LogP contribution in [0.25, 0.3) is 4.96 Å². The molecule has 0 saturated carbocycles. The average molecular weight is 369 g/mol. The van der Waals surface area contributed by atoms with E-state index < -0.39 is 0 Å². The first-order valence-electron chi connectivity index (χ1n) is 8.55. The van der Waals surface area contributed by atoms with Crippen LogP contribution in [0.2, 0.25) is 0 Å². The predicted molar refractivity (Wildman–Crippen MR) is 97.5 cm³/mol. The molecule has 134 valence electrons. The molecule has 7 nitrogen and oxygen atoms in total. The third kappa shape index (κ3) is 3.60. The van der Waals surface area contributed by atoms with Gasteiger partial charge in [-0.15, -0.1) is 11.3 Å². The Kier molecular flexibility index (Phi) is 4.66. The molecule has 1 fully saturated rings. The first-order chi connectivity index (χ1) is 12.7. The van der Waals surface area contributed by atoms with Crippen LogP contribution in [0.4, 0.5) is 0 Å². The van der Waals surface area contributed by atoms with Crippen LogP contribution in [0, 0.1) is 5.92 Å². The summed E-state index contributed by atoms with van der Waals surface area (Å²) in [4.78, 5) is 35.9. The van der Waals surface area contributed by atoms with Gasteiger partial charge in [0.05, 0.1) is 23.9 Å². The van der Waals surface area contributed by atoms with Crippen molar-refractivity contribution in [3.63, 3.8) is 0 Å². The van der Waals surface area contributed by atoms with Crippen LogP contribution in [-0.4, -0.2) is 44.2 Å². The summed E-state index contributed by atoms with van der Waals surface area (Å²) in [5, 5.41) is 4.92. The molecule has 4 rings (SSSR count). The minimum Gasteiger partial charge on any atom is -0.355 e. The fourth-order valence-corrected chi connectivity index (χ4v) is 3.86. The van der Waals surface area contributed by atoms with Crippen molar-refractivity contribution >= 4 is 28.1 Å². The fraction of sp³-hybridized carbons (Fsp3) is 0.333. The molecule has 1 aliphatic rings. The summed E-state index contributed by atoms with van der Waals surface area (Å²) in [7, 11) is 0. The van der Waals surface area contributed by atoms with E-state index in [1.807, 2.05) is 40.4 Å². The predicted octanol–water partition coefficient (Wildman–Crippen LogP) is 1.50. The SMILES string of the molecule is O=C(NCCc1cn2ccsc2n1)[C@@H]1CC(=O)N(Cc2ccccn2)C1. The van der Waals surface area contributed by atoms with Gasteiger partial charge in [-0.1, -0.05) is 6.07 Å². The summed E-state index contributed by atoms with van der Waals surface area (Å²) in [6.45, 7) is 1.42. The number of imidazole rings is 1. The molecule has 0 spiro atoms. The number of pyridine rings is 1. The van der Waals surface area contributed by atoms with Crippen molar-refractivity contribution in [2.45, 2.75) is 19.4 Å². The van der Waals surface area contributed by atoms with Crippen LogP contribution in [-0.2, 0) is 22.6 Å². The quantitative estimate of drug-likeness (QED) is 0.714. The minimum absolute atomic E-state index is 0.00476. The fourth-order valence-electron chi connectivity index (χ4n) is 3.14. The first kappa shape index (κ1) is 16.7. The Hall–Kier alpha value is -2.74. The Balaban J connectivity index is 1.27. The molecule has 0 aromatic carbocycles. The van der Waals surface area contributed by atoms with Gasteiger partial charge in [0, 0.05) is 49.9 Å². The van der Waals surface area contributed by atoms with Crippen molar-refractivity contribution in [3.05, 3.63) is 53.6 Å². The van der Waals surface area contributed by atoms with Crippen LogP contribution >= 0.6 is 11.3 Å². The van der Waals surface area contributed by atoms with Gasteiger partial charge in [0.15, 0.2) is 4.96 Å². The van der Waals surface area contributed by atoms with E-state index in [1.165, 1.54) is 0 Å². The van der Waals surface area contributed by atoms with Gasteiger partial charge < -0.3 is 10.2 Å². The number of carbonyl (C=O) groups excluding carboxylic acids is 2. The van der Waals surface area contributed by atoms with Gasteiger partial charge in [-0.25, -0.2) is 4.98 Å².